The van der Waals surface area contributed by atoms with Crippen LogP contribution < -0.4 is 16.4 Å². The fourth-order valence-electron chi connectivity index (χ4n) is 8.27. The smallest absolute Gasteiger partial charge is 0.309 e. The number of nitrogens with two attached hydrogens (primary N) is 1. The van der Waals surface area contributed by atoms with Crippen LogP contribution in [0.2, 0.25) is 0 Å². The van der Waals surface area contributed by atoms with Crippen molar-refractivity contribution in [1.82, 2.24) is 20.7 Å². The largest absolute Gasteiger partial charge is 0.481 e. The van der Waals surface area contributed by atoms with E-state index in [-0.39, 0.29) is 48.1 Å². The van der Waals surface area contributed by atoms with Gasteiger partial charge in [-0.15, -0.1) is 11.3 Å². The van der Waals surface area contributed by atoms with Gasteiger partial charge in [0.25, 0.3) is 11.8 Å². The van der Waals surface area contributed by atoms with E-state index >= 15 is 0 Å². The molecule has 3 amide bonds. The third-order valence-electron chi connectivity index (χ3n) is 12.4. The summed E-state index contributed by atoms with van der Waals surface area (Å²) in [6.07, 6.45) is 9.28. The molecule has 5 N–H and O–H groups in total. The number of amides is 3. The second kappa shape index (κ2) is 22.7. The molecule has 13 nitrogen and oxygen atoms in total. The number of nitrogens with one attached hydrogen (secondary N) is 2. The molecule has 2 fully saturated rings. The fourth-order valence-corrected chi connectivity index (χ4v) is 9.11. The molecule has 1 aromatic heterocycles. The molecule has 8 atom stereocenters. The lowest BCUT2D eigenvalue weighted by atomic mass is 9.84. The lowest BCUT2D eigenvalue weighted by Gasteiger charge is -2.38. The Hall–Kier alpha value is -4.04. The molecule has 2 aliphatic carbocycles. The summed E-state index contributed by atoms with van der Waals surface area (Å²) in [5.74, 6) is -1.57. The quantitative estimate of drug-likeness (QED) is 0.0366. The highest BCUT2D eigenvalue weighted by molar-refractivity contribution is 7.09. The molecule has 2 saturated carbocycles. The van der Waals surface area contributed by atoms with E-state index in [2.05, 4.69) is 22.5 Å². The minimum absolute atomic E-state index is 0.0677. The first-order valence-electron chi connectivity index (χ1n) is 22.2. The van der Waals surface area contributed by atoms with Crippen molar-refractivity contribution in [3.05, 3.63) is 45.9 Å². The number of hydrogen-bond acceptors (Lipinski definition) is 10. The van der Waals surface area contributed by atoms with E-state index in [1.165, 1.54) is 24.8 Å². The molecule has 14 heteroatoms. The summed E-state index contributed by atoms with van der Waals surface area (Å²) in [7, 11) is 0. The van der Waals surface area contributed by atoms with Crippen LogP contribution in [0, 0.1) is 35.0 Å². The molecule has 1 unspecified atom stereocenters. The Morgan fingerprint density at radius 3 is 2.33 bits per heavy atom. The van der Waals surface area contributed by atoms with Gasteiger partial charge in [0, 0.05) is 36.4 Å². The number of thiazole rings is 1. The van der Waals surface area contributed by atoms with E-state index in [9.17, 15) is 29.1 Å². The number of nitrogen functional groups attached to an aromatic ring is 1. The van der Waals surface area contributed by atoms with E-state index in [0.717, 1.165) is 67.8 Å². The number of unbranched alkanes of at least 4 members (excludes halogenated alkanes) is 2. The molecule has 0 saturated heterocycles. The molecule has 60 heavy (non-hydrogen) atoms. The number of ether oxygens (including phenoxy) is 1. The van der Waals surface area contributed by atoms with E-state index in [4.69, 9.17) is 15.3 Å². The highest BCUT2D eigenvalue weighted by Gasteiger charge is 2.43. The number of rotatable bonds is 23. The zero-order valence-electron chi connectivity index (χ0n) is 37.2. The average Bonchev–Trinajstić information content (AvgIpc) is 3.69. The number of benzene rings is 1. The molecule has 334 valence electrons. The Morgan fingerprint density at radius 2 is 1.70 bits per heavy atom. The van der Waals surface area contributed by atoms with Gasteiger partial charge in [0.15, 0.2) is 6.10 Å². The lowest BCUT2D eigenvalue weighted by Crippen LogP contribution is -2.56. The maximum Gasteiger partial charge on any atom is 0.309 e. The van der Waals surface area contributed by atoms with Gasteiger partial charge in [-0.25, -0.2) is 10.0 Å². The van der Waals surface area contributed by atoms with Crippen molar-refractivity contribution in [3.8, 4) is 0 Å². The molecule has 1 heterocycles. The van der Waals surface area contributed by atoms with Crippen LogP contribution in [0.5, 0.6) is 0 Å². The van der Waals surface area contributed by atoms with Gasteiger partial charge in [0.2, 0.25) is 5.91 Å². The molecular weight excluding hydrogens is 783 g/mol. The van der Waals surface area contributed by atoms with E-state index in [1.807, 2.05) is 39.8 Å². The first-order valence-corrected chi connectivity index (χ1v) is 23.1. The van der Waals surface area contributed by atoms with Crippen molar-refractivity contribution < 1.29 is 38.7 Å². The third kappa shape index (κ3) is 14.3. The van der Waals surface area contributed by atoms with E-state index in [0.29, 0.717) is 36.1 Å². The first-order chi connectivity index (χ1) is 28.4. The van der Waals surface area contributed by atoms with Crippen LogP contribution in [-0.2, 0) is 35.2 Å². The SMILES string of the molecule is CCCCCON(C(=O)[C@@H](NC(=O)[C@H]1CCCC[C@@H]2CC2C1)[C@@H](C)CC)[C@H](C[C@@H](OC(C)=O)c1nc(C(=O)N[C@@H](Cc2ccc(N)cc2)CC(C)(C)C(=O)O)cs1)C(C)C. The number of hydrogen-bond donors (Lipinski definition) is 4. The van der Waals surface area contributed by atoms with Crippen LogP contribution in [0.3, 0.4) is 0 Å². The van der Waals surface area contributed by atoms with Gasteiger partial charge in [0.1, 0.15) is 16.7 Å². The van der Waals surface area contributed by atoms with Gasteiger partial charge in [-0.2, -0.15) is 0 Å². The molecule has 0 spiro atoms. The number of carboxylic acids is 1. The lowest BCUT2D eigenvalue weighted by molar-refractivity contribution is -0.213. The number of fused-ring (bicyclic) bond motifs is 1. The molecular formula is C46H71N5O8S. The zero-order chi connectivity index (χ0) is 44.1. The highest BCUT2D eigenvalue weighted by atomic mass is 32.1. The van der Waals surface area contributed by atoms with Crippen molar-refractivity contribution in [2.75, 3.05) is 12.3 Å². The second-order valence-electron chi connectivity index (χ2n) is 18.3. The summed E-state index contributed by atoms with van der Waals surface area (Å²) < 4.78 is 5.89. The Balaban J connectivity index is 1.60. The fraction of sp³-hybridized carbons (Fsp3) is 0.696. The van der Waals surface area contributed by atoms with Crippen LogP contribution in [-0.4, -0.2) is 69.5 Å². The third-order valence-corrected chi connectivity index (χ3v) is 13.3. The van der Waals surface area contributed by atoms with Gasteiger partial charge in [0.05, 0.1) is 18.1 Å². The Morgan fingerprint density at radius 1 is 1.00 bits per heavy atom. The van der Waals surface area contributed by atoms with Crippen molar-refractivity contribution >= 4 is 46.7 Å². The number of aromatic nitrogens is 1. The van der Waals surface area contributed by atoms with Crippen LogP contribution >= 0.6 is 11.3 Å². The number of carbonyl (C=O) groups is 5. The van der Waals surface area contributed by atoms with Crippen molar-refractivity contribution in [2.45, 2.75) is 163 Å². The van der Waals surface area contributed by atoms with Crippen LogP contribution in [0.4, 0.5) is 5.69 Å². The molecule has 2 aromatic rings. The summed E-state index contributed by atoms with van der Waals surface area (Å²) in [5.41, 5.74) is 6.33. The van der Waals surface area contributed by atoms with Crippen molar-refractivity contribution in [3.63, 3.8) is 0 Å². The number of carboxylic acid groups (broad SMARTS) is 1. The van der Waals surface area contributed by atoms with Gasteiger partial charge >= 0.3 is 11.9 Å². The monoisotopic (exact) mass is 854 g/mol. The highest BCUT2D eigenvalue weighted by Crippen LogP contribution is 2.48. The number of aliphatic carboxylic acids is 1. The molecule has 0 aliphatic heterocycles. The number of carbonyl (C=O) groups excluding carboxylic acids is 4. The van der Waals surface area contributed by atoms with Crippen LogP contribution in [0.25, 0.3) is 0 Å². The maximum absolute atomic E-state index is 14.9. The standard InChI is InChI=1S/C46H71N5O8S/c1-9-11-14-21-58-51(44(55)40(29(5)10-2)50-41(53)33-16-13-12-15-32-23-34(32)24-33)38(28(3)4)25-39(59-30(6)52)43-49-37(27-60-43)42(54)48-36(26-46(7,8)45(56)57)22-31-17-19-35(47)20-18-31/h17-20,27-29,32-34,36,38-40H,9-16,21-26,47H2,1-8H3,(H,48,54)(H,50,53)(H,56,57)/t29-,32+,33-,34?,36-,38+,39+,40-/m0/s1. The molecule has 0 radical (unpaired) electrons. The number of nitrogens with zero attached hydrogens (tertiary/aromatic N) is 2. The predicted octanol–water partition coefficient (Wildman–Crippen LogP) is 8.28. The van der Waals surface area contributed by atoms with Crippen molar-refractivity contribution in [1.29, 1.82) is 0 Å². The van der Waals surface area contributed by atoms with Gasteiger partial charge in [-0.1, -0.05) is 85.3 Å². The summed E-state index contributed by atoms with van der Waals surface area (Å²) in [5, 5.41) is 19.5. The normalized spacial score (nSPS) is 20.3. The first kappa shape index (κ1) is 48.6. The van der Waals surface area contributed by atoms with Crippen LogP contribution in [0.1, 0.15) is 160 Å². The van der Waals surface area contributed by atoms with Crippen LogP contribution in [0.15, 0.2) is 29.6 Å². The van der Waals surface area contributed by atoms with Crippen molar-refractivity contribution in [2.24, 2.45) is 35.0 Å². The molecule has 4 rings (SSSR count). The molecule has 0 bridgehead atoms. The Kier molecular flexibility index (Phi) is 18.4. The van der Waals surface area contributed by atoms with Gasteiger partial charge in [-0.3, -0.25) is 28.8 Å². The molecule has 1 aromatic carbocycles. The van der Waals surface area contributed by atoms with E-state index < -0.39 is 47.5 Å². The van der Waals surface area contributed by atoms with Gasteiger partial charge in [-0.05, 0) is 93.7 Å². The average molecular weight is 854 g/mol. The number of anilines is 1. The minimum atomic E-state index is -1.13. The second-order valence-corrected chi connectivity index (χ2v) is 19.2. The minimum Gasteiger partial charge on any atom is -0.481 e. The predicted molar refractivity (Wildman–Crippen MR) is 234 cm³/mol. The summed E-state index contributed by atoms with van der Waals surface area (Å²) in [4.78, 5) is 78.4. The summed E-state index contributed by atoms with van der Waals surface area (Å²) in [6, 6.07) is 5.26. The Bertz CT molecular complexity index is 1730. The summed E-state index contributed by atoms with van der Waals surface area (Å²) >= 11 is 1.16. The number of hydroxylamine groups is 2. The topological polar surface area (TPSA) is 190 Å². The summed E-state index contributed by atoms with van der Waals surface area (Å²) in [6.45, 7) is 14.9. The Labute approximate surface area is 361 Å². The van der Waals surface area contributed by atoms with Gasteiger partial charge < -0.3 is 26.2 Å². The zero-order valence-corrected chi connectivity index (χ0v) is 38.0. The maximum atomic E-state index is 14.9. The number of esters is 1. The van der Waals surface area contributed by atoms with E-state index in [1.54, 1.807) is 31.4 Å². The molecule has 2 aliphatic rings.